The summed E-state index contributed by atoms with van der Waals surface area (Å²) in [5, 5.41) is 0. The highest BCUT2D eigenvalue weighted by Gasteiger charge is 2.28. The molecule has 9 heteroatoms. The number of hydrogen-bond acceptors (Lipinski definition) is 5. The maximum atomic E-state index is 12.4. The number of benzene rings is 1. The predicted octanol–water partition coefficient (Wildman–Crippen LogP) is 0.556. The molecular formula is C21H31N4O4S+. The zero-order chi connectivity index (χ0) is 21.1. The van der Waals surface area contributed by atoms with E-state index in [1.807, 2.05) is 18.2 Å². The lowest BCUT2D eigenvalue weighted by atomic mass is 10.2. The van der Waals surface area contributed by atoms with Crippen molar-refractivity contribution in [2.24, 2.45) is 5.73 Å². The van der Waals surface area contributed by atoms with Crippen LogP contribution < -0.4 is 15.0 Å². The van der Waals surface area contributed by atoms with Crippen molar-refractivity contribution >= 4 is 28.1 Å². The van der Waals surface area contributed by atoms with Gasteiger partial charge in [0.2, 0.25) is 0 Å². The highest BCUT2D eigenvalue weighted by Crippen LogP contribution is 2.24. The maximum absolute atomic E-state index is 12.4. The number of carbonyl (C=O) groups is 1. The third-order valence-electron chi connectivity index (χ3n) is 5.95. The summed E-state index contributed by atoms with van der Waals surface area (Å²) in [7, 11) is 0. The molecule has 1 amide bonds. The molecule has 2 aromatic rings. The molecule has 164 valence electrons. The molecule has 0 unspecified atom stereocenters. The van der Waals surface area contributed by atoms with Gasteiger partial charge in [-0.3, -0.25) is 4.79 Å². The van der Waals surface area contributed by atoms with E-state index < -0.39 is 11.2 Å². The first-order chi connectivity index (χ1) is 14.6. The predicted molar refractivity (Wildman–Crippen MR) is 115 cm³/mol. The second-order valence-corrected chi connectivity index (χ2v) is 9.47. The molecule has 2 saturated heterocycles. The molecule has 2 N–H and O–H groups in total. The van der Waals surface area contributed by atoms with Crippen LogP contribution in [0.15, 0.2) is 18.2 Å². The van der Waals surface area contributed by atoms with Gasteiger partial charge in [-0.15, -0.1) is 0 Å². The van der Waals surface area contributed by atoms with Gasteiger partial charge in [0, 0.05) is 12.7 Å². The number of fused-ring (bicyclic) bond motifs is 1. The topological polar surface area (TPSA) is 96.7 Å². The summed E-state index contributed by atoms with van der Waals surface area (Å²) < 4.78 is 27.7. The first-order valence-corrected chi connectivity index (χ1v) is 12.2. The number of aromatic nitrogens is 2. The molecule has 0 bridgehead atoms. The SMILES string of the molecule is CC[n+]1c(CN)n(C[C@@H]2CCCO2)c2cc(OCC(=O)N3CC[S+]([O-])CC3)ccc21. The molecule has 2 aliphatic rings. The standard InChI is InChI=1S/C21H31N4O4S/c1-2-24-18-6-5-16(29-15-21(26)23-7-10-30(27)11-8-23)12-19(18)25(20(24)13-22)14-17-4-3-9-28-17/h5-6,12,17H,2-4,7-11,13-15,22H2,1H3/q+1/t17-/m0/s1. The summed E-state index contributed by atoms with van der Waals surface area (Å²) in [6.07, 6.45) is 2.35. The van der Waals surface area contributed by atoms with Crippen LogP contribution in [0, 0.1) is 0 Å². The van der Waals surface area contributed by atoms with Gasteiger partial charge >= 0.3 is 0 Å². The molecule has 0 saturated carbocycles. The van der Waals surface area contributed by atoms with Crippen LogP contribution in [0.1, 0.15) is 25.6 Å². The quantitative estimate of drug-likeness (QED) is 0.506. The first kappa shape index (κ1) is 21.4. The number of hydrogen-bond donors (Lipinski definition) is 1. The molecule has 0 spiro atoms. The minimum absolute atomic E-state index is 0.0118. The second-order valence-electron chi connectivity index (χ2n) is 7.78. The Morgan fingerprint density at radius 1 is 1.40 bits per heavy atom. The molecule has 30 heavy (non-hydrogen) atoms. The third kappa shape index (κ3) is 4.44. The smallest absolute Gasteiger partial charge is 0.271 e. The largest absolute Gasteiger partial charge is 0.616 e. The summed E-state index contributed by atoms with van der Waals surface area (Å²) in [6.45, 7) is 6.03. The molecular weight excluding hydrogens is 404 g/mol. The number of nitrogens with two attached hydrogens (primary N) is 1. The molecule has 2 aliphatic heterocycles. The number of imidazole rings is 1. The highest BCUT2D eigenvalue weighted by atomic mass is 32.2. The number of rotatable bonds is 7. The van der Waals surface area contributed by atoms with Crippen molar-refractivity contribution in [1.29, 1.82) is 0 Å². The van der Waals surface area contributed by atoms with Gasteiger partial charge in [-0.25, -0.2) is 9.13 Å². The van der Waals surface area contributed by atoms with Gasteiger partial charge in [0.25, 0.3) is 11.7 Å². The molecule has 3 heterocycles. The van der Waals surface area contributed by atoms with E-state index in [4.69, 9.17) is 15.2 Å². The Bertz CT molecular complexity index is 889. The second kappa shape index (κ2) is 9.55. The van der Waals surface area contributed by atoms with Crippen LogP contribution in [0.25, 0.3) is 11.0 Å². The summed E-state index contributed by atoms with van der Waals surface area (Å²) >= 11 is -0.800. The van der Waals surface area contributed by atoms with E-state index in [2.05, 4.69) is 16.1 Å². The van der Waals surface area contributed by atoms with E-state index in [0.717, 1.165) is 49.4 Å². The van der Waals surface area contributed by atoms with Gasteiger partial charge < -0.3 is 24.7 Å². The molecule has 1 aromatic heterocycles. The summed E-state index contributed by atoms with van der Waals surface area (Å²) in [6, 6.07) is 5.94. The number of amides is 1. The van der Waals surface area contributed by atoms with Crippen molar-refractivity contribution in [2.75, 3.05) is 37.8 Å². The van der Waals surface area contributed by atoms with Gasteiger partial charge in [-0.05, 0) is 31.9 Å². The first-order valence-electron chi connectivity index (χ1n) is 10.7. The zero-order valence-corrected chi connectivity index (χ0v) is 18.4. The normalized spacial score (nSPS) is 20.2. The number of aryl methyl sites for hydroxylation is 1. The Morgan fingerprint density at radius 2 is 2.20 bits per heavy atom. The van der Waals surface area contributed by atoms with Gasteiger partial charge in [0.1, 0.15) is 23.8 Å². The summed E-state index contributed by atoms with van der Waals surface area (Å²) in [5.74, 6) is 2.76. The highest BCUT2D eigenvalue weighted by molar-refractivity contribution is 7.91. The number of nitrogens with zero attached hydrogens (tertiary/aromatic N) is 3. The molecule has 0 aliphatic carbocycles. The summed E-state index contributed by atoms with van der Waals surface area (Å²) in [4.78, 5) is 14.2. The lowest BCUT2D eigenvalue weighted by Crippen LogP contribution is -2.45. The van der Waals surface area contributed by atoms with Crippen molar-refractivity contribution in [3.63, 3.8) is 0 Å². The molecule has 8 nitrogen and oxygen atoms in total. The van der Waals surface area contributed by atoms with Crippen LogP contribution in [0.4, 0.5) is 0 Å². The van der Waals surface area contributed by atoms with Gasteiger partial charge in [-0.1, -0.05) is 11.2 Å². The molecule has 0 radical (unpaired) electrons. The molecule has 1 atom stereocenters. The lowest BCUT2D eigenvalue weighted by Gasteiger charge is -2.28. The fourth-order valence-electron chi connectivity index (χ4n) is 4.35. The Labute approximate surface area is 180 Å². The van der Waals surface area contributed by atoms with Crippen LogP contribution in [-0.2, 0) is 40.3 Å². The minimum Gasteiger partial charge on any atom is -0.616 e. The molecule has 4 rings (SSSR count). The van der Waals surface area contributed by atoms with E-state index in [1.165, 1.54) is 0 Å². The van der Waals surface area contributed by atoms with Crippen LogP contribution in [-0.4, -0.2) is 63.8 Å². The Hall–Kier alpha value is -1.81. The van der Waals surface area contributed by atoms with E-state index in [0.29, 0.717) is 36.9 Å². The van der Waals surface area contributed by atoms with Gasteiger partial charge in [0.05, 0.1) is 32.3 Å². The average Bonchev–Trinajstić information content (AvgIpc) is 3.38. The number of ether oxygens (including phenoxy) is 2. The van der Waals surface area contributed by atoms with Crippen LogP contribution in [0.2, 0.25) is 0 Å². The number of carbonyl (C=O) groups excluding carboxylic acids is 1. The Balaban J connectivity index is 1.54. The maximum Gasteiger partial charge on any atom is 0.271 e. The van der Waals surface area contributed by atoms with E-state index in [-0.39, 0.29) is 18.6 Å². The van der Waals surface area contributed by atoms with Gasteiger partial charge in [0.15, 0.2) is 17.6 Å². The lowest BCUT2D eigenvalue weighted by molar-refractivity contribution is -0.676. The van der Waals surface area contributed by atoms with E-state index in [1.54, 1.807) is 4.90 Å². The third-order valence-corrected chi connectivity index (χ3v) is 7.23. The Morgan fingerprint density at radius 3 is 2.87 bits per heavy atom. The van der Waals surface area contributed by atoms with Crippen molar-refractivity contribution in [1.82, 2.24) is 9.47 Å². The van der Waals surface area contributed by atoms with E-state index in [9.17, 15) is 9.35 Å². The Kier molecular flexibility index (Phi) is 6.82. The van der Waals surface area contributed by atoms with Gasteiger partial charge in [-0.2, -0.15) is 0 Å². The minimum atomic E-state index is -0.800. The van der Waals surface area contributed by atoms with Crippen molar-refractivity contribution in [2.45, 2.75) is 45.5 Å². The van der Waals surface area contributed by atoms with Crippen molar-refractivity contribution < 1.29 is 23.4 Å². The fourth-order valence-corrected chi connectivity index (χ4v) is 5.41. The van der Waals surface area contributed by atoms with E-state index >= 15 is 0 Å². The van der Waals surface area contributed by atoms with Crippen molar-refractivity contribution in [3.8, 4) is 5.75 Å². The molecule has 2 fully saturated rings. The monoisotopic (exact) mass is 435 g/mol. The van der Waals surface area contributed by atoms with Crippen LogP contribution >= 0.6 is 0 Å². The zero-order valence-electron chi connectivity index (χ0n) is 17.5. The average molecular weight is 436 g/mol. The fraction of sp³-hybridized carbons (Fsp3) is 0.619. The van der Waals surface area contributed by atoms with Crippen LogP contribution in [0.5, 0.6) is 5.75 Å². The van der Waals surface area contributed by atoms with Crippen molar-refractivity contribution in [3.05, 3.63) is 24.0 Å². The molecule has 1 aromatic carbocycles. The summed E-state index contributed by atoms with van der Waals surface area (Å²) in [5.41, 5.74) is 8.26. The van der Waals surface area contributed by atoms with Crippen LogP contribution in [0.3, 0.4) is 0 Å².